The van der Waals surface area contributed by atoms with Gasteiger partial charge in [0.05, 0.1) is 30.0 Å². The molecule has 2 aliphatic rings. The van der Waals surface area contributed by atoms with Crippen molar-refractivity contribution in [1.29, 1.82) is 0 Å². The fourth-order valence-corrected chi connectivity index (χ4v) is 4.05. The fourth-order valence-electron chi connectivity index (χ4n) is 4.05. The Balaban J connectivity index is 1.14. The highest BCUT2D eigenvalue weighted by Crippen LogP contribution is 2.25. The summed E-state index contributed by atoms with van der Waals surface area (Å²) in [5.41, 5.74) is 2.67. The Labute approximate surface area is 195 Å². The molecule has 0 aliphatic carbocycles. The molecule has 2 aliphatic heterocycles. The van der Waals surface area contributed by atoms with E-state index in [1.54, 1.807) is 25.4 Å². The molecule has 176 valence electrons. The van der Waals surface area contributed by atoms with Crippen LogP contribution in [0.25, 0.3) is 11.0 Å². The summed E-state index contributed by atoms with van der Waals surface area (Å²) in [4.78, 5) is 37.5. The van der Waals surface area contributed by atoms with E-state index in [1.807, 2.05) is 18.2 Å². The van der Waals surface area contributed by atoms with Crippen LogP contribution < -0.4 is 30.7 Å². The minimum absolute atomic E-state index is 0.0108. The van der Waals surface area contributed by atoms with Crippen molar-refractivity contribution < 1.29 is 19.1 Å². The number of amides is 2. The lowest BCUT2D eigenvalue weighted by atomic mass is 10.00. The Hall–Kier alpha value is -3.83. The third-order valence-corrected chi connectivity index (χ3v) is 5.86. The summed E-state index contributed by atoms with van der Waals surface area (Å²) in [7, 11) is 1.55. The molecule has 2 unspecified atom stereocenters. The van der Waals surface area contributed by atoms with Gasteiger partial charge in [0.1, 0.15) is 5.52 Å². The minimum atomic E-state index is -0.305. The average Bonchev–Trinajstić information content (AvgIpc) is 2.87. The fraction of sp³-hybridized carbons (Fsp3) is 0.348. The average molecular weight is 463 g/mol. The van der Waals surface area contributed by atoms with Crippen LogP contribution in [0.5, 0.6) is 11.6 Å². The van der Waals surface area contributed by atoms with Crippen LogP contribution in [-0.4, -0.2) is 59.1 Å². The van der Waals surface area contributed by atoms with E-state index in [0.717, 1.165) is 12.1 Å². The van der Waals surface area contributed by atoms with Crippen molar-refractivity contribution in [2.24, 2.45) is 0 Å². The van der Waals surface area contributed by atoms with E-state index < -0.39 is 0 Å². The monoisotopic (exact) mass is 463 g/mol. The standard InChI is InChI=1S/C23H25N7O4/c1-33-20-7-5-15-21(30-20)16(8-9-24-15)28-23(32)17-4-2-13(10-26-17)25-11-14-3-6-18-22(27-14)29-19(31)12-34-18/h3,5-9,13,17,25-26H,2,4,10-12H2,1H3,(H,24,28,32)(H,27,29,31). The van der Waals surface area contributed by atoms with Crippen LogP contribution in [-0.2, 0) is 16.1 Å². The lowest BCUT2D eigenvalue weighted by Crippen LogP contribution is -2.52. The van der Waals surface area contributed by atoms with Crippen LogP contribution in [0.4, 0.5) is 11.5 Å². The second-order valence-corrected chi connectivity index (χ2v) is 8.17. The molecule has 5 heterocycles. The number of fused-ring (bicyclic) bond motifs is 2. The summed E-state index contributed by atoms with van der Waals surface area (Å²) in [6.45, 7) is 1.20. The van der Waals surface area contributed by atoms with Gasteiger partial charge in [0.25, 0.3) is 5.91 Å². The van der Waals surface area contributed by atoms with Gasteiger partial charge in [-0.05, 0) is 37.1 Å². The quantitative estimate of drug-likeness (QED) is 0.425. The summed E-state index contributed by atoms with van der Waals surface area (Å²) < 4.78 is 10.5. The third-order valence-electron chi connectivity index (χ3n) is 5.86. The number of methoxy groups -OCH3 is 1. The van der Waals surface area contributed by atoms with Gasteiger partial charge < -0.3 is 30.7 Å². The van der Waals surface area contributed by atoms with Crippen LogP contribution >= 0.6 is 0 Å². The number of nitrogens with zero attached hydrogens (tertiary/aromatic N) is 3. The molecule has 0 radical (unpaired) electrons. The Kier molecular flexibility index (Phi) is 6.19. The van der Waals surface area contributed by atoms with Gasteiger partial charge in [-0.1, -0.05) is 0 Å². The van der Waals surface area contributed by atoms with Gasteiger partial charge in [-0.15, -0.1) is 0 Å². The van der Waals surface area contributed by atoms with Gasteiger partial charge in [-0.25, -0.2) is 9.97 Å². The normalized spacial score (nSPS) is 19.6. The second-order valence-electron chi connectivity index (χ2n) is 8.17. The van der Waals surface area contributed by atoms with Crippen LogP contribution in [0.1, 0.15) is 18.5 Å². The maximum atomic E-state index is 12.9. The molecule has 11 heteroatoms. The number of carbonyl (C=O) groups excluding carboxylic acids is 2. The Bertz CT molecular complexity index is 1230. The van der Waals surface area contributed by atoms with Crippen LogP contribution in [0.15, 0.2) is 36.5 Å². The maximum absolute atomic E-state index is 12.9. The molecule has 3 aromatic rings. The molecule has 0 aromatic carbocycles. The van der Waals surface area contributed by atoms with Gasteiger partial charge in [-0.2, -0.15) is 0 Å². The summed E-state index contributed by atoms with van der Waals surface area (Å²) in [5, 5.41) is 12.5. The van der Waals surface area contributed by atoms with Crippen molar-refractivity contribution in [2.75, 3.05) is 30.9 Å². The smallest absolute Gasteiger partial charge is 0.263 e. The van der Waals surface area contributed by atoms with E-state index in [-0.39, 0.29) is 30.5 Å². The minimum Gasteiger partial charge on any atom is -0.481 e. The molecule has 2 atom stereocenters. The van der Waals surface area contributed by atoms with Gasteiger partial charge in [0.15, 0.2) is 18.2 Å². The first-order chi connectivity index (χ1) is 16.6. The van der Waals surface area contributed by atoms with Crippen molar-refractivity contribution in [1.82, 2.24) is 25.6 Å². The van der Waals surface area contributed by atoms with Gasteiger partial charge in [0, 0.05) is 31.4 Å². The predicted octanol–water partition coefficient (Wildman–Crippen LogP) is 1.21. The molecule has 4 N–H and O–H groups in total. The summed E-state index contributed by atoms with van der Waals surface area (Å²) >= 11 is 0. The molecule has 2 amide bonds. The Morgan fingerprint density at radius 1 is 1.21 bits per heavy atom. The maximum Gasteiger partial charge on any atom is 0.263 e. The first-order valence-corrected chi connectivity index (χ1v) is 11.1. The zero-order valence-corrected chi connectivity index (χ0v) is 18.6. The van der Waals surface area contributed by atoms with Crippen LogP contribution in [0, 0.1) is 0 Å². The summed E-state index contributed by atoms with van der Waals surface area (Å²) in [5.74, 6) is 1.17. The number of rotatable bonds is 6. The van der Waals surface area contributed by atoms with E-state index in [0.29, 0.717) is 53.7 Å². The highest BCUT2D eigenvalue weighted by Gasteiger charge is 2.26. The van der Waals surface area contributed by atoms with Gasteiger partial charge >= 0.3 is 0 Å². The largest absolute Gasteiger partial charge is 0.481 e. The molecular formula is C23H25N7O4. The molecular weight excluding hydrogens is 438 g/mol. The number of hydrogen-bond donors (Lipinski definition) is 4. The first kappa shape index (κ1) is 22.0. The molecule has 5 rings (SSSR count). The highest BCUT2D eigenvalue weighted by molar-refractivity contribution is 6.01. The number of hydrogen-bond acceptors (Lipinski definition) is 9. The number of piperidine rings is 1. The molecule has 34 heavy (non-hydrogen) atoms. The highest BCUT2D eigenvalue weighted by atomic mass is 16.5. The van der Waals surface area contributed by atoms with E-state index in [1.165, 1.54) is 0 Å². The van der Waals surface area contributed by atoms with Crippen molar-refractivity contribution in [3.05, 3.63) is 42.2 Å². The topological polar surface area (TPSA) is 139 Å². The zero-order valence-electron chi connectivity index (χ0n) is 18.6. The van der Waals surface area contributed by atoms with Crippen LogP contribution in [0.3, 0.4) is 0 Å². The number of pyridine rings is 3. The van der Waals surface area contributed by atoms with Crippen LogP contribution in [0.2, 0.25) is 0 Å². The molecule has 11 nitrogen and oxygen atoms in total. The third kappa shape index (κ3) is 4.75. The van der Waals surface area contributed by atoms with Crippen molar-refractivity contribution in [3.63, 3.8) is 0 Å². The van der Waals surface area contributed by atoms with Gasteiger partial charge in [0.2, 0.25) is 11.8 Å². The lowest BCUT2D eigenvalue weighted by molar-refractivity contribution is -0.119. The summed E-state index contributed by atoms with van der Waals surface area (Å²) in [6.07, 6.45) is 3.16. The van der Waals surface area contributed by atoms with E-state index in [9.17, 15) is 9.59 Å². The molecule has 3 aromatic heterocycles. The lowest BCUT2D eigenvalue weighted by Gasteiger charge is -2.30. The number of ether oxygens (including phenoxy) is 2. The Morgan fingerprint density at radius 2 is 2.12 bits per heavy atom. The SMILES string of the molecule is COc1ccc2nccc(NC(=O)C3CCC(NCc4ccc5c(n4)NC(=O)CO5)CN3)c2n1. The molecule has 0 spiro atoms. The number of nitrogens with one attached hydrogen (secondary N) is 4. The number of carbonyl (C=O) groups is 2. The number of aromatic nitrogens is 3. The molecule has 0 bridgehead atoms. The van der Waals surface area contributed by atoms with Gasteiger partial charge in [-0.3, -0.25) is 14.6 Å². The number of anilines is 2. The van der Waals surface area contributed by atoms with Crippen molar-refractivity contribution >= 4 is 34.4 Å². The summed E-state index contributed by atoms with van der Waals surface area (Å²) in [6, 6.07) is 8.86. The first-order valence-electron chi connectivity index (χ1n) is 11.1. The van der Waals surface area contributed by atoms with E-state index in [2.05, 4.69) is 36.2 Å². The molecule has 0 saturated carbocycles. The second kappa shape index (κ2) is 9.57. The Morgan fingerprint density at radius 3 is 2.94 bits per heavy atom. The van der Waals surface area contributed by atoms with Crippen molar-refractivity contribution in [2.45, 2.75) is 31.5 Å². The van der Waals surface area contributed by atoms with E-state index in [4.69, 9.17) is 9.47 Å². The zero-order chi connectivity index (χ0) is 23.5. The molecule has 1 fully saturated rings. The predicted molar refractivity (Wildman–Crippen MR) is 125 cm³/mol. The van der Waals surface area contributed by atoms with E-state index >= 15 is 0 Å². The molecule has 1 saturated heterocycles. The van der Waals surface area contributed by atoms with Crippen molar-refractivity contribution in [3.8, 4) is 11.6 Å².